The molecule has 5 aromatic rings. The van der Waals surface area contributed by atoms with Crippen LogP contribution in [0.5, 0.6) is 0 Å². The summed E-state index contributed by atoms with van der Waals surface area (Å²) < 4.78 is 1.44. The van der Waals surface area contributed by atoms with Crippen molar-refractivity contribution in [2.45, 2.75) is 25.7 Å². The molecule has 0 aliphatic carbocycles. The molecule has 2 aromatic heterocycles. The number of piperidine rings is 1. The summed E-state index contributed by atoms with van der Waals surface area (Å²) in [5.41, 5.74) is 6.07. The number of likely N-dealkylation sites (tertiary alicyclic amines) is 1. The SMILES string of the molecule is Cc1cccc(-c2cnccc2C(=O)N2CCC(c3ccc(NC(=O)c4nc5ccccc5n(C)c4=O)cc3)CC2)c1. The molecule has 0 radical (unpaired) electrons. The first-order valence-electron chi connectivity index (χ1n) is 14.1. The van der Waals surface area contributed by atoms with E-state index >= 15 is 0 Å². The number of pyridine rings is 1. The Morgan fingerprint density at radius 3 is 2.45 bits per heavy atom. The maximum Gasteiger partial charge on any atom is 0.282 e. The molecule has 0 bridgehead atoms. The van der Waals surface area contributed by atoms with Crippen molar-refractivity contribution in [3.63, 3.8) is 0 Å². The number of fused-ring (bicyclic) bond motifs is 1. The summed E-state index contributed by atoms with van der Waals surface area (Å²) in [5, 5.41) is 2.81. The molecule has 1 saturated heterocycles. The number of hydrogen-bond donors (Lipinski definition) is 1. The Kier molecular flexibility index (Phi) is 7.35. The molecule has 0 atom stereocenters. The van der Waals surface area contributed by atoms with Crippen molar-refractivity contribution in [1.82, 2.24) is 19.4 Å². The molecule has 1 aliphatic rings. The van der Waals surface area contributed by atoms with E-state index in [1.54, 1.807) is 31.6 Å². The monoisotopic (exact) mass is 557 g/mol. The van der Waals surface area contributed by atoms with Crippen LogP contribution in [0.25, 0.3) is 22.2 Å². The number of carbonyl (C=O) groups excluding carboxylic acids is 2. The standard InChI is InChI=1S/C34H31N5O3/c1-22-6-5-7-25(20-22)28-21-35-17-14-27(28)33(41)39-18-15-24(16-19-39)23-10-12-26(13-11-23)36-32(40)31-34(42)38(2)30-9-4-3-8-29(30)37-31/h3-14,17,20-21,24H,15-16,18-19H2,1-2H3,(H,36,40). The minimum Gasteiger partial charge on any atom is -0.339 e. The lowest BCUT2D eigenvalue weighted by Gasteiger charge is -2.32. The van der Waals surface area contributed by atoms with Crippen LogP contribution in [0.3, 0.4) is 0 Å². The molecule has 0 spiro atoms. The van der Waals surface area contributed by atoms with Gasteiger partial charge in [0.25, 0.3) is 17.4 Å². The van der Waals surface area contributed by atoms with Crippen LogP contribution in [-0.4, -0.2) is 44.3 Å². The molecule has 2 amide bonds. The Bertz CT molecular complexity index is 1850. The molecule has 42 heavy (non-hydrogen) atoms. The van der Waals surface area contributed by atoms with Crippen LogP contribution in [0.15, 0.2) is 96.1 Å². The first kappa shape index (κ1) is 27.1. The van der Waals surface area contributed by atoms with Gasteiger partial charge in [-0.25, -0.2) is 4.98 Å². The normalized spacial score (nSPS) is 13.7. The first-order chi connectivity index (χ1) is 20.4. The van der Waals surface area contributed by atoms with Crippen LogP contribution in [-0.2, 0) is 7.05 Å². The topological polar surface area (TPSA) is 97.2 Å². The average molecular weight is 558 g/mol. The number of nitrogens with one attached hydrogen (secondary N) is 1. The average Bonchev–Trinajstić information content (AvgIpc) is 3.03. The zero-order valence-corrected chi connectivity index (χ0v) is 23.6. The molecular formula is C34H31N5O3. The summed E-state index contributed by atoms with van der Waals surface area (Å²) in [6, 6.07) is 24.9. The second-order valence-corrected chi connectivity index (χ2v) is 10.7. The minimum atomic E-state index is -0.540. The van der Waals surface area contributed by atoms with Crippen LogP contribution in [0.1, 0.15) is 50.7 Å². The van der Waals surface area contributed by atoms with E-state index in [0.29, 0.717) is 41.3 Å². The van der Waals surface area contributed by atoms with E-state index in [-0.39, 0.29) is 11.6 Å². The third kappa shape index (κ3) is 5.31. The van der Waals surface area contributed by atoms with Crippen LogP contribution in [0.2, 0.25) is 0 Å². The Morgan fingerprint density at radius 1 is 0.929 bits per heavy atom. The number of benzene rings is 3. The second-order valence-electron chi connectivity index (χ2n) is 10.7. The highest BCUT2D eigenvalue weighted by Crippen LogP contribution is 2.31. The third-order valence-corrected chi connectivity index (χ3v) is 8.00. The lowest BCUT2D eigenvalue weighted by Crippen LogP contribution is -2.38. The zero-order chi connectivity index (χ0) is 29.2. The molecule has 1 fully saturated rings. The number of hydrogen-bond acceptors (Lipinski definition) is 5. The lowest BCUT2D eigenvalue weighted by atomic mass is 9.89. The van der Waals surface area contributed by atoms with Gasteiger partial charge in [-0.05, 0) is 67.1 Å². The number of aromatic nitrogens is 3. The highest BCUT2D eigenvalue weighted by Gasteiger charge is 2.26. The Hall–Kier alpha value is -5.11. The number of aryl methyl sites for hydroxylation is 2. The number of para-hydroxylation sites is 2. The molecule has 1 aliphatic heterocycles. The van der Waals surface area contributed by atoms with E-state index in [0.717, 1.165) is 35.1 Å². The predicted molar refractivity (Wildman–Crippen MR) is 164 cm³/mol. The smallest absolute Gasteiger partial charge is 0.282 e. The molecule has 0 saturated carbocycles. The quantitative estimate of drug-likeness (QED) is 0.305. The van der Waals surface area contributed by atoms with Crippen LogP contribution in [0, 0.1) is 6.92 Å². The van der Waals surface area contributed by atoms with Crippen LogP contribution < -0.4 is 10.9 Å². The van der Waals surface area contributed by atoms with E-state index < -0.39 is 11.5 Å². The van der Waals surface area contributed by atoms with Crippen molar-refractivity contribution in [3.8, 4) is 11.1 Å². The van der Waals surface area contributed by atoms with Gasteiger partial charge in [-0.3, -0.25) is 19.4 Å². The number of anilines is 1. The number of carbonyl (C=O) groups is 2. The largest absolute Gasteiger partial charge is 0.339 e. The van der Waals surface area contributed by atoms with Crippen molar-refractivity contribution < 1.29 is 9.59 Å². The van der Waals surface area contributed by atoms with Crippen molar-refractivity contribution >= 4 is 28.5 Å². The fraction of sp³-hybridized carbons (Fsp3) is 0.206. The zero-order valence-electron chi connectivity index (χ0n) is 23.6. The number of nitrogens with zero attached hydrogens (tertiary/aromatic N) is 4. The molecule has 210 valence electrons. The number of rotatable bonds is 5. The first-order valence-corrected chi connectivity index (χ1v) is 14.1. The lowest BCUT2D eigenvalue weighted by molar-refractivity contribution is 0.0713. The molecule has 6 rings (SSSR count). The molecule has 1 N–H and O–H groups in total. The van der Waals surface area contributed by atoms with Gasteiger partial charge in [0.05, 0.1) is 16.6 Å². The fourth-order valence-corrected chi connectivity index (χ4v) is 5.67. The minimum absolute atomic E-state index is 0.0267. The summed E-state index contributed by atoms with van der Waals surface area (Å²) in [5.74, 6) is -0.206. The van der Waals surface area contributed by atoms with Crippen LogP contribution in [0.4, 0.5) is 5.69 Å². The summed E-state index contributed by atoms with van der Waals surface area (Å²) in [4.78, 5) is 49.7. The number of amides is 2. The highest BCUT2D eigenvalue weighted by atomic mass is 16.2. The third-order valence-electron chi connectivity index (χ3n) is 8.00. The van der Waals surface area contributed by atoms with Gasteiger partial charge in [-0.15, -0.1) is 0 Å². The Labute approximate surface area is 243 Å². The van der Waals surface area contributed by atoms with Crippen molar-refractivity contribution in [1.29, 1.82) is 0 Å². The van der Waals surface area contributed by atoms with E-state index in [9.17, 15) is 14.4 Å². The van der Waals surface area contributed by atoms with Crippen molar-refractivity contribution in [2.75, 3.05) is 18.4 Å². The summed E-state index contributed by atoms with van der Waals surface area (Å²) >= 11 is 0. The van der Waals surface area contributed by atoms with Gasteiger partial charge in [-0.2, -0.15) is 0 Å². The van der Waals surface area contributed by atoms with Crippen molar-refractivity contribution in [3.05, 3.63) is 124 Å². The van der Waals surface area contributed by atoms with Gasteiger partial charge in [0.1, 0.15) is 0 Å². The van der Waals surface area contributed by atoms with E-state index in [4.69, 9.17) is 0 Å². The van der Waals surface area contributed by atoms with Gasteiger partial charge in [0, 0.05) is 43.8 Å². The molecule has 0 unspecified atom stereocenters. The van der Waals surface area contributed by atoms with Gasteiger partial charge in [0.2, 0.25) is 0 Å². The maximum atomic E-state index is 13.5. The Balaban J connectivity index is 1.11. The summed E-state index contributed by atoms with van der Waals surface area (Å²) in [6.45, 7) is 3.36. The summed E-state index contributed by atoms with van der Waals surface area (Å²) in [7, 11) is 1.64. The van der Waals surface area contributed by atoms with Gasteiger partial charge < -0.3 is 14.8 Å². The van der Waals surface area contributed by atoms with Crippen LogP contribution >= 0.6 is 0 Å². The maximum absolute atomic E-state index is 13.5. The molecule has 8 heteroatoms. The van der Waals surface area contributed by atoms with Crippen molar-refractivity contribution in [2.24, 2.45) is 7.05 Å². The van der Waals surface area contributed by atoms with Gasteiger partial charge in [0.15, 0.2) is 5.69 Å². The molecule has 3 aromatic carbocycles. The highest BCUT2D eigenvalue weighted by molar-refractivity contribution is 6.03. The van der Waals surface area contributed by atoms with Gasteiger partial charge >= 0.3 is 0 Å². The summed E-state index contributed by atoms with van der Waals surface area (Å²) in [6.07, 6.45) is 5.13. The fourth-order valence-electron chi connectivity index (χ4n) is 5.67. The van der Waals surface area contributed by atoms with E-state index in [1.807, 2.05) is 72.5 Å². The Morgan fingerprint density at radius 2 is 1.69 bits per heavy atom. The van der Waals surface area contributed by atoms with E-state index in [2.05, 4.69) is 21.4 Å². The second kappa shape index (κ2) is 11.4. The predicted octanol–water partition coefficient (Wildman–Crippen LogP) is 5.58. The molecule has 3 heterocycles. The molecular weight excluding hydrogens is 526 g/mol. The van der Waals surface area contributed by atoms with E-state index in [1.165, 1.54) is 4.57 Å². The molecule has 8 nitrogen and oxygen atoms in total. The van der Waals surface area contributed by atoms with Gasteiger partial charge in [-0.1, -0.05) is 54.1 Å².